The lowest BCUT2D eigenvalue weighted by Gasteiger charge is -2.15. The minimum atomic E-state index is -2.89. The van der Waals surface area contributed by atoms with Gasteiger partial charge in [0.25, 0.3) is 0 Å². The van der Waals surface area contributed by atoms with E-state index in [0.717, 1.165) is 31.7 Å². The first-order valence-electron chi connectivity index (χ1n) is 8.99. The Hall–Kier alpha value is -1.76. The zero-order valence-corrected chi connectivity index (χ0v) is 15.9. The first kappa shape index (κ1) is 19.6. The van der Waals surface area contributed by atoms with Crippen molar-refractivity contribution < 1.29 is 13.2 Å². The second-order valence-corrected chi connectivity index (χ2v) is 8.48. The average Bonchev–Trinajstić information content (AvgIpc) is 2.92. The Morgan fingerprint density at radius 1 is 1.36 bits per heavy atom. The van der Waals surface area contributed by atoms with Gasteiger partial charge in [-0.2, -0.15) is 0 Å². The Bertz CT molecular complexity index is 674. The molecule has 1 fully saturated rings. The number of hydrogen-bond acceptors (Lipinski definition) is 4. The van der Waals surface area contributed by atoms with E-state index < -0.39 is 9.84 Å². The van der Waals surface area contributed by atoms with Gasteiger partial charge < -0.3 is 15.4 Å². The average molecular weight is 368 g/mol. The van der Waals surface area contributed by atoms with E-state index in [-0.39, 0.29) is 17.5 Å². The van der Waals surface area contributed by atoms with Gasteiger partial charge in [-0.05, 0) is 43.9 Å². The number of nitrogens with zero attached hydrogens (tertiary/aromatic N) is 1. The number of hydrogen-bond donors (Lipinski definition) is 2. The molecule has 25 heavy (non-hydrogen) atoms. The van der Waals surface area contributed by atoms with Crippen molar-refractivity contribution in [2.75, 3.05) is 31.2 Å². The van der Waals surface area contributed by atoms with Gasteiger partial charge in [0.1, 0.15) is 5.75 Å². The van der Waals surface area contributed by atoms with Gasteiger partial charge in [-0.3, -0.25) is 4.99 Å². The highest BCUT2D eigenvalue weighted by Gasteiger charge is 2.28. The van der Waals surface area contributed by atoms with Gasteiger partial charge in [-0.15, -0.1) is 0 Å². The number of benzene rings is 1. The fraction of sp³-hybridized carbons (Fsp3) is 0.611. The summed E-state index contributed by atoms with van der Waals surface area (Å²) < 4.78 is 28.8. The molecule has 1 heterocycles. The monoisotopic (exact) mass is 367 g/mol. The van der Waals surface area contributed by atoms with Crippen LogP contribution in [0.5, 0.6) is 5.75 Å². The molecule has 0 radical (unpaired) electrons. The molecule has 1 saturated heterocycles. The van der Waals surface area contributed by atoms with E-state index in [0.29, 0.717) is 18.9 Å². The van der Waals surface area contributed by atoms with E-state index in [1.165, 1.54) is 5.56 Å². The number of sulfone groups is 1. The van der Waals surface area contributed by atoms with Crippen LogP contribution in [-0.4, -0.2) is 51.6 Å². The minimum Gasteiger partial charge on any atom is -0.494 e. The molecule has 0 amide bonds. The van der Waals surface area contributed by atoms with Crippen molar-refractivity contribution in [1.82, 2.24) is 10.6 Å². The summed E-state index contributed by atoms with van der Waals surface area (Å²) in [6.07, 6.45) is 2.44. The summed E-state index contributed by atoms with van der Waals surface area (Å²) >= 11 is 0. The molecule has 1 aromatic rings. The van der Waals surface area contributed by atoms with Gasteiger partial charge in [0.05, 0.1) is 18.1 Å². The Kier molecular flexibility index (Phi) is 7.55. The van der Waals surface area contributed by atoms with Crippen molar-refractivity contribution >= 4 is 15.8 Å². The first-order chi connectivity index (χ1) is 12.0. The van der Waals surface area contributed by atoms with Crippen LogP contribution in [0.4, 0.5) is 0 Å². The number of rotatable bonds is 8. The van der Waals surface area contributed by atoms with Crippen LogP contribution < -0.4 is 15.4 Å². The maximum atomic E-state index is 11.6. The van der Waals surface area contributed by atoms with Gasteiger partial charge in [0, 0.05) is 19.1 Å². The van der Waals surface area contributed by atoms with Crippen LogP contribution in [0.3, 0.4) is 0 Å². The summed E-state index contributed by atoms with van der Waals surface area (Å²) in [5.41, 5.74) is 1.18. The predicted molar refractivity (Wildman–Crippen MR) is 102 cm³/mol. The predicted octanol–water partition coefficient (Wildman–Crippen LogP) is 1.76. The third kappa shape index (κ3) is 6.94. The quantitative estimate of drug-likeness (QED) is 0.541. The fourth-order valence-corrected chi connectivity index (χ4v) is 4.40. The second kappa shape index (κ2) is 9.65. The molecule has 0 aliphatic carbocycles. The van der Waals surface area contributed by atoms with Crippen molar-refractivity contribution in [3.63, 3.8) is 0 Å². The van der Waals surface area contributed by atoms with Crippen LogP contribution in [0.2, 0.25) is 0 Å². The number of guanidine groups is 1. The lowest BCUT2D eigenvalue weighted by molar-refractivity contribution is 0.317. The standard InChI is InChI=1S/C18H29N3O3S/c1-3-11-24-17-7-5-6-15(13-17)8-10-20-18(19-4-2)21-16-9-12-25(22,23)14-16/h5-7,13,16H,3-4,8-12,14H2,1-2H3,(H2,19,20,21). The lowest BCUT2D eigenvalue weighted by Crippen LogP contribution is -2.44. The molecule has 0 aromatic heterocycles. The van der Waals surface area contributed by atoms with Crippen LogP contribution in [-0.2, 0) is 16.3 Å². The Morgan fingerprint density at radius 2 is 2.20 bits per heavy atom. The summed E-state index contributed by atoms with van der Waals surface area (Å²) in [6, 6.07) is 8.03. The van der Waals surface area contributed by atoms with Crippen molar-refractivity contribution in [2.24, 2.45) is 4.99 Å². The van der Waals surface area contributed by atoms with Crippen LogP contribution in [0, 0.1) is 0 Å². The zero-order valence-electron chi connectivity index (χ0n) is 15.1. The molecule has 1 atom stereocenters. The van der Waals surface area contributed by atoms with E-state index in [2.05, 4.69) is 34.7 Å². The van der Waals surface area contributed by atoms with Crippen LogP contribution >= 0.6 is 0 Å². The van der Waals surface area contributed by atoms with Crippen LogP contribution in [0.25, 0.3) is 0 Å². The van der Waals surface area contributed by atoms with Gasteiger partial charge in [0.2, 0.25) is 0 Å². The second-order valence-electron chi connectivity index (χ2n) is 6.25. The fourth-order valence-electron chi connectivity index (χ4n) is 2.73. The molecule has 0 bridgehead atoms. The third-order valence-electron chi connectivity index (χ3n) is 3.96. The number of aliphatic imine (C=N–C) groups is 1. The van der Waals surface area contributed by atoms with Gasteiger partial charge in [0.15, 0.2) is 15.8 Å². The highest BCUT2D eigenvalue weighted by atomic mass is 32.2. The summed E-state index contributed by atoms with van der Waals surface area (Å²) in [6.45, 7) is 6.18. The van der Waals surface area contributed by atoms with E-state index >= 15 is 0 Å². The molecule has 6 nitrogen and oxygen atoms in total. The van der Waals surface area contributed by atoms with Crippen molar-refractivity contribution in [2.45, 2.75) is 39.2 Å². The molecule has 1 unspecified atom stereocenters. The molecule has 7 heteroatoms. The van der Waals surface area contributed by atoms with E-state index in [1.807, 2.05) is 19.1 Å². The number of nitrogens with one attached hydrogen (secondary N) is 2. The number of ether oxygens (including phenoxy) is 1. The molecule has 1 aromatic carbocycles. The van der Waals surface area contributed by atoms with Gasteiger partial charge in [-0.1, -0.05) is 19.1 Å². The maximum absolute atomic E-state index is 11.6. The summed E-state index contributed by atoms with van der Waals surface area (Å²) in [7, 11) is -2.89. The lowest BCUT2D eigenvalue weighted by atomic mass is 10.1. The van der Waals surface area contributed by atoms with E-state index in [4.69, 9.17) is 4.74 Å². The SMILES string of the molecule is CCCOc1cccc(CCN=C(NCC)NC2CCS(=O)(=O)C2)c1. The summed E-state index contributed by atoms with van der Waals surface area (Å²) in [5.74, 6) is 2.02. The van der Waals surface area contributed by atoms with Gasteiger partial charge in [-0.25, -0.2) is 8.42 Å². The van der Waals surface area contributed by atoms with Crippen molar-refractivity contribution in [3.05, 3.63) is 29.8 Å². The molecule has 0 saturated carbocycles. The summed E-state index contributed by atoms with van der Waals surface area (Å²) in [5, 5.41) is 6.41. The highest BCUT2D eigenvalue weighted by Crippen LogP contribution is 2.14. The normalized spacial score (nSPS) is 19.6. The van der Waals surface area contributed by atoms with E-state index in [9.17, 15) is 8.42 Å². The molecule has 1 aliphatic rings. The topological polar surface area (TPSA) is 79.8 Å². The minimum absolute atomic E-state index is 0.0476. The Morgan fingerprint density at radius 3 is 2.88 bits per heavy atom. The third-order valence-corrected chi connectivity index (χ3v) is 5.73. The molecular weight excluding hydrogens is 338 g/mol. The molecule has 2 N–H and O–H groups in total. The van der Waals surface area contributed by atoms with Gasteiger partial charge >= 0.3 is 0 Å². The maximum Gasteiger partial charge on any atom is 0.191 e. The van der Waals surface area contributed by atoms with E-state index in [1.54, 1.807) is 0 Å². The van der Waals surface area contributed by atoms with Crippen LogP contribution in [0.15, 0.2) is 29.3 Å². The highest BCUT2D eigenvalue weighted by molar-refractivity contribution is 7.91. The Labute approximate surface area is 151 Å². The zero-order chi connectivity index (χ0) is 18.1. The largest absolute Gasteiger partial charge is 0.494 e. The molecule has 1 aliphatic heterocycles. The van der Waals surface area contributed by atoms with Crippen molar-refractivity contribution in [1.29, 1.82) is 0 Å². The molecule has 140 valence electrons. The molecular formula is C18H29N3O3S. The smallest absolute Gasteiger partial charge is 0.191 e. The summed E-state index contributed by atoms with van der Waals surface area (Å²) in [4.78, 5) is 4.57. The molecule has 2 rings (SSSR count). The van der Waals surface area contributed by atoms with Crippen LogP contribution in [0.1, 0.15) is 32.3 Å². The Balaban J connectivity index is 1.88. The first-order valence-corrected chi connectivity index (χ1v) is 10.8. The van der Waals surface area contributed by atoms with Crippen molar-refractivity contribution in [3.8, 4) is 5.75 Å². The molecule has 0 spiro atoms.